The third kappa shape index (κ3) is 3.07. The largest absolute Gasteiger partial charge is 0.456 e. The fraction of sp³-hybridized carbons (Fsp3) is 0. The average Bonchev–Trinajstić information content (AvgIpc) is 3.48. The standard InChI is InChI=1S/C44H24O/c1-5-25-14-16-29-17-20-32(35-21-18-27(6-1)40(25)43(29)35)33-11-4-12-39-44(33)37-23-30(19-22-38(37)45-39)36-24-31-9-2-7-26-13-15-28-8-3-10-34(36)42(28)41(26)31/h1-24H. The van der Waals surface area contributed by atoms with Gasteiger partial charge < -0.3 is 4.42 Å². The first-order valence-corrected chi connectivity index (χ1v) is 15.6. The van der Waals surface area contributed by atoms with Gasteiger partial charge in [0.05, 0.1) is 0 Å². The Morgan fingerprint density at radius 1 is 0.289 bits per heavy atom. The maximum absolute atomic E-state index is 6.52. The summed E-state index contributed by atoms with van der Waals surface area (Å²) in [4.78, 5) is 0. The van der Waals surface area contributed by atoms with E-state index in [9.17, 15) is 0 Å². The molecule has 1 heteroatoms. The summed E-state index contributed by atoms with van der Waals surface area (Å²) in [5.41, 5.74) is 6.73. The fourth-order valence-electron chi connectivity index (χ4n) is 8.19. The lowest BCUT2D eigenvalue weighted by Crippen LogP contribution is -1.88. The van der Waals surface area contributed by atoms with Crippen molar-refractivity contribution >= 4 is 86.6 Å². The van der Waals surface area contributed by atoms with Crippen molar-refractivity contribution in [3.8, 4) is 22.3 Å². The second kappa shape index (κ2) is 8.37. The third-order valence-electron chi connectivity index (χ3n) is 10.1. The fourth-order valence-corrected chi connectivity index (χ4v) is 8.19. The van der Waals surface area contributed by atoms with Crippen LogP contribution in [0.1, 0.15) is 0 Å². The van der Waals surface area contributed by atoms with Crippen molar-refractivity contribution in [2.45, 2.75) is 0 Å². The number of rotatable bonds is 2. The van der Waals surface area contributed by atoms with Gasteiger partial charge in [0.2, 0.25) is 0 Å². The van der Waals surface area contributed by atoms with Gasteiger partial charge in [0.25, 0.3) is 0 Å². The molecule has 1 aromatic heterocycles. The summed E-state index contributed by atoms with van der Waals surface area (Å²) in [6.07, 6.45) is 0. The predicted octanol–water partition coefficient (Wildman–Crippen LogP) is 12.7. The lowest BCUT2D eigenvalue weighted by molar-refractivity contribution is 0.669. The molecule has 0 aliphatic heterocycles. The summed E-state index contributed by atoms with van der Waals surface area (Å²) >= 11 is 0. The minimum absolute atomic E-state index is 0.913. The molecule has 1 nitrogen and oxygen atoms in total. The van der Waals surface area contributed by atoms with E-state index in [4.69, 9.17) is 4.42 Å². The van der Waals surface area contributed by atoms with Gasteiger partial charge in [-0.05, 0) is 111 Å². The van der Waals surface area contributed by atoms with E-state index >= 15 is 0 Å². The molecule has 206 valence electrons. The van der Waals surface area contributed by atoms with E-state index in [1.807, 2.05) is 0 Å². The molecular weight excluding hydrogens is 544 g/mol. The third-order valence-corrected chi connectivity index (χ3v) is 10.1. The van der Waals surface area contributed by atoms with Gasteiger partial charge in [-0.2, -0.15) is 0 Å². The number of fused-ring (bicyclic) bond motifs is 3. The summed E-state index contributed by atoms with van der Waals surface area (Å²) in [5.74, 6) is 0. The first-order chi connectivity index (χ1) is 22.3. The van der Waals surface area contributed by atoms with Crippen molar-refractivity contribution in [3.05, 3.63) is 146 Å². The lowest BCUT2D eigenvalue weighted by atomic mass is 9.87. The molecule has 0 atom stereocenters. The Balaban J connectivity index is 1.21. The predicted molar refractivity (Wildman–Crippen MR) is 192 cm³/mol. The molecule has 0 aliphatic rings. The van der Waals surface area contributed by atoms with Crippen LogP contribution < -0.4 is 0 Å². The molecule has 0 amide bonds. The first-order valence-electron chi connectivity index (χ1n) is 15.6. The number of benzene rings is 10. The highest BCUT2D eigenvalue weighted by Gasteiger charge is 2.19. The molecule has 11 aromatic rings. The van der Waals surface area contributed by atoms with Gasteiger partial charge in [0.15, 0.2) is 0 Å². The molecule has 0 radical (unpaired) electrons. The number of furan rings is 1. The van der Waals surface area contributed by atoms with E-state index in [1.54, 1.807) is 0 Å². The SMILES string of the molecule is c1cc2ccc3cccc4c(-c5ccc6oc7cccc(-c8ccc9ccc%10cccc%11ccc8c9c%10%11)c7c6c5)cc(c1)c2c34. The highest BCUT2D eigenvalue weighted by Crippen LogP contribution is 2.45. The maximum Gasteiger partial charge on any atom is 0.136 e. The Morgan fingerprint density at radius 3 is 1.64 bits per heavy atom. The van der Waals surface area contributed by atoms with Crippen LogP contribution in [-0.4, -0.2) is 0 Å². The molecule has 0 saturated heterocycles. The molecule has 0 N–H and O–H groups in total. The minimum Gasteiger partial charge on any atom is -0.456 e. The second-order valence-corrected chi connectivity index (χ2v) is 12.4. The summed E-state index contributed by atoms with van der Waals surface area (Å²) in [7, 11) is 0. The lowest BCUT2D eigenvalue weighted by Gasteiger charge is -2.15. The van der Waals surface area contributed by atoms with Gasteiger partial charge in [-0.25, -0.2) is 0 Å². The second-order valence-electron chi connectivity index (χ2n) is 12.4. The van der Waals surface area contributed by atoms with Gasteiger partial charge in [-0.3, -0.25) is 0 Å². The van der Waals surface area contributed by atoms with Gasteiger partial charge >= 0.3 is 0 Å². The van der Waals surface area contributed by atoms with E-state index in [-0.39, 0.29) is 0 Å². The van der Waals surface area contributed by atoms with Crippen molar-refractivity contribution in [2.75, 3.05) is 0 Å². The van der Waals surface area contributed by atoms with E-state index in [2.05, 4.69) is 146 Å². The first kappa shape index (κ1) is 23.5. The Bertz CT molecular complexity index is 2960. The van der Waals surface area contributed by atoms with E-state index in [0.717, 1.165) is 16.6 Å². The smallest absolute Gasteiger partial charge is 0.136 e. The normalized spacial score (nSPS) is 12.4. The van der Waals surface area contributed by atoms with Crippen LogP contribution in [0.4, 0.5) is 0 Å². The number of hydrogen-bond donors (Lipinski definition) is 0. The van der Waals surface area contributed by atoms with Gasteiger partial charge in [0, 0.05) is 10.8 Å². The molecule has 1 heterocycles. The summed E-state index contributed by atoms with van der Waals surface area (Å²) in [6.45, 7) is 0. The van der Waals surface area contributed by atoms with E-state index < -0.39 is 0 Å². The Hall–Kier alpha value is -5.92. The Kier molecular flexibility index (Phi) is 4.38. The molecule has 11 rings (SSSR count). The molecule has 45 heavy (non-hydrogen) atoms. The van der Waals surface area contributed by atoms with Gasteiger partial charge in [-0.1, -0.05) is 121 Å². The zero-order valence-corrected chi connectivity index (χ0v) is 24.3. The van der Waals surface area contributed by atoms with Crippen LogP contribution >= 0.6 is 0 Å². The van der Waals surface area contributed by atoms with E-state index in [1.165, 1.54) is 92.3 Å². The molecule has 0 saturated carbocycles. The van der Waals surface area contributed by atoms with Crippen LogP contribution in [0.3, 0.4) is 0 Å². The Labute approximate surface area is 258 Å². The van der Waals surface area contributed by atoms with Crippen molar-refractivity contribution in [1.82, 2.24) is 0 Å². The topological polar surface area (TPSA) is 13.1 Å². The average molecular weight is 569 g/mol. The van der Waals surface area contributed by atoms with Crippen LogP contribution in [0.25, 0.3) is 109 Å². The van der Waals surface area contributed by atoms with Crippen molar-refractivity contribution in [3.63, 3.8) is 0 Å². The zero-order chi connectivity index (χ0) is 29.2. The summed E-state index contributed by atoms with van der Waals surface area (Å²) in [5, 5.41) is 17.9. The van der Waals surface area contributed by atoms with Crippen LogP contribution in [-0.2, 0) is 0 Å². The summed E-state index contributed by atoms with van der Waals surface area (Å²) in [6, 6.07) is 53.6. The summed E-state index contributed by atoms with van der Waals surface area (Å²) < 4.78 is 6.52. The minimum atomic E-state index is 0.913. The maximum atomic E-state index is 6.52. The molecule has 0 spiro atoms. The highest BCUT2D eigenvalue weighted by atomic mass is 16.3. The van der Waals surface area contributed by atoms with Crippen molar-refractivity contribution < 1.29 is 4.42 Å². The number of hydrogen-bond acceptors (Lipinski definition) is 1. The molecule has 0 unspecified atom stereocenters. The van der Waals surface area contributed by atoms with Crippen LogP contribution in [0.2, 0.25) is 0 Å². The molecule has 0 aliphatic carbocycles. The van der Waals surface area contributed by atoms with Gasteiger partial charge in [0.1, 0.15) is 11.2 Å². The molecule has 0 bridgehead atoms. The van der Waals surface area contributed by atoms with Gasteiger partial charge in [-0.15, -0.1) is 0 Å². The van der Waals surface area contributed by atoms with E-state index in [0.29, 0.717) is 0 Å². The van der Waals surface area contributed by atoms with Crippen LogP contribution in [0.15, 0.2) is 150 Å². The quantitative estimate of drug-likeness (QED) is 0.189. The van der Waals surface area contributed by atoms with Crippen LogP contribution in [0.5, 0.6) is 0 Å². The van der Waals surface area contributed by atoms with Crippen LogP contribution in [0, 0.1) is 0 Å². The monoisotopic (exact) mass is 568 g/mol. The molecule has 0 fully saturated rings. The van der Waals surface area contributed by atoms with Crippen molar-refractivity contribution in [2.24, 2.45) is 0 Å². The molecule has 10 aromatic carbocycles. The molecular formula is C44H24O. The highest BCUT2D eigenvalue weighted by molar-refractivity contribution is 6.28. The zero-order valence-electron chi connectivity index (χ0n) is 24.3. The van der Waals surface area contributed by atoms with Crippen molar-refractivity contribution in [1.29, 1.82) is 0 Å². The Morgan fingerprint density at radius 2 is 0.867 bits per heavy atom.